The SMILES string of the molecule is CCc1nc(-c2ccccc2OC)nc(Cl)c1Br. The van der Waals surface area contributed by atoms with Crippen LogP contribution in [0.5, 0.6) is 5.75 Å². The molecule has 0 saturated carbocycles. The number of para-hydroxylation sites is 1. The van der Waals surface area contributed by atoms with Crippen LogP contribution in [0.1, 0.15) is 12.6 Å². The van der Waals surface area contributed by atoms with E-state index in [-0.39, 0.29) is 0 Å². The summed E-state index contributed by atoms with van der Waals surface area (Å²) in [7, 11) is 1.63. The number of rotatable bonds is 3. The molecule has 0 aliphatic carbocycles. The molecule has 3 nitrogen and oxygen atoms in total. The Hall–Kier alpha value is -1.13. The van der Waals surface area contributed by atoms with E-state index in [0.29, 0.717) is 11.0 Å². The van der Waals surface area contributed by atoms with Crippen LogP contribution in [0, 0.1) is 0 Å². The smallest absolute Gasteiger partial charge is 0.164 e. The predicted octanol–water partition coefficient (Wildman–Crippen LogP) is 4.13. The second kappa shape index (κ2) is 5.67. The summed E-state index contributed by atoms with van der Waals surface area (Å²) in [5.41, 5.74) is 1.72. The molecule has 0 atom stereocenters. The number of hydrogen-bond donors (Lipinski definition) is 0. The number of benzene rings is 1. The summed E-state index contributed by atoms with van der Waals surface area (Å²) in [5.74, 6) is 1.32. The van der Waals surface area contributed by atoms with Gasteiger partial charge >= 0.3 is 0 Å². The molecule has 18 heavy (non-hydrogen) atoms. The highest BCUT2D eigenvalue weighted by atomic mass is 79.9. The first-order chi connectivity index (χ1) is 8.67. The topological polar surface area (TPSA) is 35.0 Å². The number of nitrogens with zero attached hydrogens (tertiary/aromatic N) is 2. The van der Waals surface area contributed by atoms with Gasteiger partial charge in [0.25, 0.3) is 0 Å². The van der Waals surface area contributed by atoms with Gasteiger partial charge in [-0.05, 0) is 34.5 Å². The lowest BCUT2D eigenvalue weighted by atomic mass is 10.2. The molecule has 0 N–H and O–H groups in total. The van der Waals surface area contributed by atoms with E-state index < -0.39 is 0 Å². The lowest BCUT2D eigenvalue weighted by molar-refractivity contribution is 0.416. The molecule has 1 heterocycles. The normalized spacial score (nSPS) is 10.4. The minimum Gasteiger partial charge on any atom is -0.496 e. The van der Waals surface area contributed by atoms with E-state index in [9.17, 15) is 0 Å². The van der Waals surface area contributed by atoms with Crippen LogP contribution in [0.15, 0.2) is 28.7 Å². The fourth-order valence-electron chi connectivity index (χ4n) is 1.65. The first kappa shape index (κ1) is 13.3. The second-order valence-corrected chi connectivity index (χ2v) is 4.80. The fraction of sp³-hybridized carbons (Fsp3) is 0.231. The van der Waals surface area contributed by atoms with E-state index in [1.807, 2.05) is 31.2 Å². The van der Waals surface area contributed by atoms with E-state index in [4.69, 9.17) is 16.3 Å². The molecule has 0 fully saturated rings. The van der Waals surface area contributed by atoms with Gasteiger partial charge in [-0.3, -0.25) is 0 Å². The van der Waals surface area contributed by atoms with Gasteiger partial charge in [0, 0.05) is 0 Å². The summed E-state index contributed by atoms with van der Waals surface area (Å²) in [5, 5.41) is 0.419. The summed E-state index contributed by atoms with van der Waals surface area (Å²) in [4.78, 5) is 8.80. The van der Waals surface area contributed by atoms with Gasteiger partial charge in [0.05, 0.1) is 22.8 Å². The predicted molar refractivity (Wildman–Crippen MR) is 76.1 cm³/mol. The van der Waals surface area contributed by atoms with Crippen LogP contribution in [0.3, 0.4) is 0 Å². The lowest BCUT2D eigenvalue weighted by Gasteiger charge is -2.09. The van der Waals surface area contributed by atoms with E-state index in [0.717, 1.165) is 27.9 Å². The third-order valence-corrected chi connectivity index (χ3v) is 3.90. The molecule has 0 aliphatic rings. The van der Waals surface area contributed by atoms with Crippen molar-refractivity contribution in [2.75, 3.05) is 7.11 Å². The molecule has 0 unspecified atom stereocenters. The van der Waals surface area contributed by atoms with Crippen molar-refractivity contribution in [1.82, 2.24) is 9.97 Å². The fourth-order valence-corrected chi connectivity index (χ4v) is 2.29. The van der Waals surface area contributed by atoms with Crippen molar-refractivity contribution in [3.63, 3.8) is 0 Å². The Kier molecular flexibility index (Phi) is 4.19. The maximum Gasteiger partial charge on any atom is 0.164 e. The zero-order chi connectivity index (χ0) is 13.1. The summed E-state index contributed by atoms with van der Waals surface area (Å²) in [6, 6.07) is 7.62. The number of aromatic nitrogens is 2. The van der Waals surface area contributed by atoms with Crippen molar-refractivity contribution in [3.8, 4) is 17.1 Å². The van der Waals surface area contributed by atoms with Crippen LogP contribution in [0.2, 0.25) is 5.15 Å². The van der Waals surface area contributed by atoms with E-state index in [2.05, 4.69) is 25.9 Å². The Morgan fingerprint density at radius 1 is 1.28 bits per heavy atom. The van der Waals surface area contributed by atoms with E-state index in [1.54, 1.807) is 7.11 Å². The molecule has 0 radical (unpaired) electrons. The Labute approximate surface area is 119 Å². The molecular formula is C13H12BrClN2O. The highest BCUT2D eigenvalue weighted by molar-refractivity contribution is 9.10. The lowest BCUT2D eigenvalue weighted by Crippen LogP contribution is -1.98. The highest BCUT2D eigenvalue weighted by Crippen LogP contribution is 2.31. The van der Waals surface area contributed by atoms with Gasteiger partial charge in [0.2, 0.25) is 0 Å². The van der Waals surface area contributed by atoms with Gasteiger partial charge in [0.1, 0.15) is 10.9 Å². The van der Waals surface area contributed by atoms with Crippen LogP contribution in [0.25, 0.3) is 11.4 Å². The van der Waals surface area contributed by atoms with Crippen LogP contribution in [-0.2, 0) is 6.42 Å². The number of ether oxygens (including phenoxy) is 1. The maximum atomic E-state index is 6.10. The third-order valence-electron chi connectivity index (χ3n) is 2.56. The number of methoxy groups -OCH3 is 1. The van der Waals surface area contributed by atoms with E-state index in [1.165, 1.54) is 0 Å². The molecule has 2 rings (SSSR count). The van der Waals surface area contributed by atoms with Crippen molar-refractivity contribution < 1.29 is 4.74 Å². The van der Waals surface area contributed by atoms with Crippen molar-refractivity contribution in [2.45, 2.75) is 13.3 Å². The van der Waals surface area contributed by atoms with Gasteiger partial charge in [-0.1, -0.05) is 30.7 Å². The van der Waals surface area contributed by atoms with E-state index >= 15 is 0 Å². The molecule has 5 heteroatoms. The third kappa shape index (κ3) is 2.49. The number of halogens is 2. The Balaban J connectivity index is 2.61. The molecule has 0 aliphatic heterocycles. The molecule has 2 aromatic rings. The maximum absolute atomic E-state index is 6.10. The van der Waals surface area contributed by atoms with Crippen molar-refractivity contribution >= 4 is 27.5 Å². The summed E-state index contributed by atoms with van der Waals surface area (Å²) in [6.45, 7) is 2.02. The quantitative estimate of drug-likeness (QED) is 0.795. The second-order valence-electron chi connectivity index (χ2n) is 3.65. The first-order valence-electron chi connectivity index (χ1n) is 5.52. The zero-order valence-corrected chi connectivity index (χ0v) is 12.4. The number of aryl methyl sites for hydroxylation is 1. The molecule has 1 aromatic heterocycles. The molecule has 0 spiro atoms. The van der Waals surface area contributed by atoms with Gasteiger partial charge in [-0.25, -0.2) is 9.97 Å². The summed E-state index contributed by atoms with van der Waals surface area (Å²) >= 11 is 9.50. The van der Waals surface area contributed by atoms with Gasteiger partial charge < -0.3 is 4.74 Å². The largest absolute Gasteiger partial charge is 0.496 e. The van der Waals surface area contributed by atoms with Crippen LogP contribution in [-0.4, -0.2) is 17.1 Å². The van der Waals surface area contributed by atoms with Crippen molar-refractivity contribution in [2.24, 2.45) is 0 Å². The summed E-state index contributed by atoms with van der Waals surface area (Å²) < 4.78 is 6.06. The van der Waals surface area contributed by atoms with Gasteiger partial charge in [-0.15, -0.1) is 0 Å². The zero-order valence-electron chi connectivity index (χ0n) is 10.1. The average Bonchev–Trinajstić information content (AvgIpc) is 2.41. The van der Waals surface area contributed by atoms with Gasteiger partial charge in [-0.2, -0.15) is 0 Å². The molecule has 0 bridgehead atoms. The van der Waals surface area contributed by atoms with Crippen LogP contribution < -0.4 is 4.74 Å². The first-order valence-corrected chi connectivity index (χ1v) is 6.69. The minimum atomic E-state index is 0.419. The summed E-state index contributed by atoms with van der Waals surface area (Å²) in [6.07, 6.45) is 0.783. The van der Waals surface area contributed by atoms with Gasteiger partial charge in [0.15, 0.2) is 5.82 Å². The average molecular weight is 328 g/mol. The Morgan fingerprint density at radius 2 is 2.00 bits per heavy atom. The number of hydrogen-bond acceptors (Lipinski definition) is 3. The van der Waals surface area contributed by atoms with Crippen molar-refractivity contribution in [1.29, 1.82) is 0 Å². The van der Waals surface area contributed by atoms with Crippen LogP contribution in [0.4, 0.5) is 0 Å². The monoisotopic (exact) mass is 326 g/mol. The standard InChI is InChI=1S/C13H12BrClN2O/c1-3-9-11(14)12(15)17-13(16-9)8-6-4-5-7-10(8)18-2/h4-7H,3H2,1-2H3. The molecular weight excluding hydrogens is 316 g/mol. The molecule has 94 valence electrons. The Morgan fingerprint density at radius 3 is 2.67 bits per heavy atom. The highest BCUT2D eigenvalue weighted by Gasteiger charge is 2.13. The molecule has 1 aromatic carbocycles. The Bertz CT molecular complexity index is 575. The van der Waals surface area contributed by atoms with Crippen molar-refractivity contribution in [3.05, 3.63) is 39.6 Å². The van der Waals surface area contributed by atoms with Crippen LogP contribution >= 0.6 is 27.5 Å². The molecule has 0 amide bonds. The minimum absolute atomic E-state index is 0.419. The molecule has 0 saturated heterocycles.